The van der Waals surface area contributed by atoms with Crippen molar-refractivity contribution in [1.82, 2.24) is 15.5 Å². The van der Waals surface area contributed by atoms with E-state index in [1.165, 1.54) is 22.9 Å². The molecule has 1 aliphatic carbocycles. The normalized spacial score (nSPS) is 18.9. The van der Waals surface area contributed by atoms with E-state index >= 15 is 0 Å². The summed E-state index contributed by atoms with van der Waals surface area (Å²) in [6.45, 7) is 6.32. The van der Waals surface area contributed by atoms with Gasteiger partial charge >= 0.3 is 0 Å². The minimum atomic E-state index is 0.185. The van der Waals surface area contributed by atoms with E-state index in [1.807, 2.05) is 4.90 Å². The molecule has 1 saturated heterocycles. The lowest BCUT2D eigenvalue weighted by Gasteiger charge is -2.18. The fraction of sp³-hybridized carbons (Fsp3) is 0.600. The van der Waals surface area contributed by atoms with Gasteiger partial charge in [-0.15, -0.1) is 0 Å². The van der Waals surface area contributed by atoms with Gasteiger partial charge in [0.2, 0.25) is 5.91 Å². The first-order valence-corrected chi connectivity index (χ1v) is 10.5. The first kappa shape index (κ1) is 19.2. The summed E-state index contributed by atoms with van der Waals surface area (Å²) in [5.41, 5.74) is 1.55. The van der Waals surface area contributed by atoms with Crippen molar-refractivity contribution in [2.24, 2.45) is 4.99 Å². The number of likely N-dealkylation sites (tertiary alicyclic amines) is 1. The van der Waals surface area contributed by atoms with E-state index in [9.17, 15) is 4.79 Å². The second kappa shape index (κ2) is 8.89. The van der Waals surface area contributed by atoms with Gasteiger partial charge in [0.15, 0.2) is 5.96 Å². The number of rotatable bonds is 8. The Morgan fingerprint density at radius 3 is 2.77 bits per heavy atom. The lowest BCUT2D eigenvalue weighted by atomic mass is 9.96. The molecule has 1 amide bonds. The fourth-order valence-electron chi connectivity index (χ4n) is 3.54. The molecule has 3 rings (SSSR count). The van der Waals surface area contributed by atoms with Gasteiger partial charge in [0, 0.05) is 42.5 Å². The van der Waals surface area contributed by atoms with Crippen LogP contribution in [0.3, 0.4) is 0 Å². The van der Waals surface area contributed by atoms with Crippen LogP contribution in [-0.2, 0) is 10.2 Å². The number of carbonyl (C=O) groups excluding carboxylic acids is 1. The minimum Gasteiger partial charge on any atom is -0.357 e. The third-order valence-electron chi connectivity index (χ3n) is 5.25. The van der Waals surface area contributed by atoms with Crippen LogP contribution in [0.4, 0.5) is 0 Å². The van der Waals surface area contributed by atoms with Gasteiger partial charge < -0.3 is 15.5 Å². The Hall–Kier alpha value is -1.56. The molecule has 5 nitrogen and oxygen atoms in total. The maximum atomic E-state index is 11.7. The molecule has 0 spiro atoms. The zero-order valence-corrected chi connectivity index (χ0v) is 17.1. The van der Waals surface area contributed by atoms with E-state index in [1.54, 1.807) is 0 Å². The summed E-state index contributed by atoms with van der Waals surface area (Å²) in [6.07, 6.45) is 5.05. The van der Waals surface area contributed by atoms with E-state index in [4.69, 9.17) is 4.99 Å². The predicted octanol–water partition coefficient (Wildman–Crippen LogP) is 3.05. The smallest absolute Gasteiger partial charge is 0.222 e. The number of hydrogen-bond donors (Lipinski definition) is 2. The Labute approximate surface area is 164 Å². The van der Waals surface area contributed by atoms with Crippen molar-refractivity contribution in [2.75, 3.05) is 32.7 Å². The molecule has 142 valence electrons. The molecule has 2 aliphatic rings. The van der Waals surface area contributed by atoms with Crippen LogP contribution in [0.25, 0.3) is 0 Å². The fourth-order valence-corrected chi connectivity index (χ4v) is 4.25. The molecule has 0 radical (unpaired) electrons. The molecule has 0 unspecified atom stereocenters. The number of hydrogen-bond acceptors (Lipinski definition) is 2. The molecule has 1 aromatic rings. The van der Waals surface area contributed by atoms with Gasteiger partial charge in [-0.05, 0) is 44.2 Å². The third-order valence-corrected chi connectivity index (χ3v) is 5.94. The number of aliphatic imine (C=N–C) groups is 1. The first-order valence-electron chi connectivity index (χ1n) is 9.69. The highest BCUT2D eigenvalue weighted by molar-refractivity contribution is 9.10. The number of benzene rings is 1. The number of carbonyl (C=O) groups is 1. The lowest BCUT2D eigenvalue weighted by Crippen LogP contribution is -2.39. The van der Waals surface area contributed by atoms with Gasteiger partial charge in [0.05, 0.1) is 6.54 Å². The standard InChI is InChI=1S/C20H29BrN4O/c1-2-22-19(23-12-6-14-25-13-5-9-18(25)26)24-15-20(10-11-20)16-7-3-4-8-17(16)21/h3-4,7-8H,2,5-6,9-15H2,1H3,(H2,22,23,24). The average Bonchev–Trinajstić information content (AvgIpc) is 3.32. The van der Waals surface area contributed by atoms with Crippen LogP contribution in [0.15, 0.2) is 33.7 Å². The average molecular weight is 421 g/mol. The van der Waals surface area contributed by atoms with E-state index in [0.717, 1.165) is 51.5 Å². The third kappa shape index (κ3) is 4.78. The summed E-state index contributed by atoms with van der Waals surface area (Å²) in [7, 11) is 0. The summed E-state index contributed by atoms with van der Waals surface area (Å²) < 4.78 is 1.18. The number of guanidine groups is 1. The van der Waals surface area contributed by atoms with Crippen molar-refractivity contribution in [3.05, 3.63) is 34.3 Å². The van der Waals surface area contributed by atoms with Gasteiger partial charge in [-0.1, -0.05) is 34.1 Å². The van der Waals surface area contributed by atoms with Crippen molar-refractivity contribution >= 4 is 27.8 Å². The number of halogens is 1. The molecule has 2 N–H and O–H groups in total. The van der Waals surface area contributed by atoms with Crippen molar-refractivity contribution in [1.29, 1.82) is 0 Å². The second-order valence-electron chi connectivity index (χ2n) is 7.22. The molecule has 26 heavy (non-hydrogen) atoms. The summed E-state index contributed by atoms with van der Waals surface area (Å²) in [5, 5.41) is 6.75. The van der Waals surface area contributed by atoms with Crippen molar-refractivity contribution in [2.45, 2.75) is 44.4 Å². The second-order valence-corrected chi connectivity index (χ2v) is 8.07. The molecule has 0 aromatic heterocycles. The largest absolute Gasteiger partial charge is 0.357 e. The van der Waals surface area contributed by atoms with Crippen molar-refractivity contribution in [3.63, 3.8) is 0 Å². The van der Waals surface area contributed by atoms with Crippen LogP contribution >= 0.6 is 15.9 Å². The van der Waals surface area contributed by atoms with Gasteiger partial charge in [-0.2, -0.15) is 0 Å². The van der Waals surface area contributed by atoms with Crippen LogP contribution in [0.5, 0.6) is 0 Å². The molecular formula is C20H29BrN4O. The van der Waals surface area contributed by atoms with Gasteiger partial charge in [0.1, 0.15) is 0 Å². The Bertz CT molecular complexity index is 657. The highest BCUT2D eigenvalue weighted by atomic mass is 79.9. The first-order chi connectivity index (χ1) is 12.6. The van der Waals surface area contributed by atoms with Crippen molar-refractivity contribution in [3.8, 4) is 0 Å². The summed E-state index contributed by atoms with van der Waals surface area (Å²) in [6, 6.07) is 8.48. The molecule has 0 atom stereocenters. The highest BCUT2D eigenvalue weighted by Gasteiger charge is 2.45. The zero-order valence-electron chi connectivity index (χ0n) is 15.6. The van der Waals surface area contributed by atoms with Crippen LogP contribution in [0.2, 0.25) is 0 Å². The minimum absolute atomic E-state index is 0.185. The number of nitrogens with one attached hydrogen (secondary N) is 2. The Morgan fingerprint density at radius 1 is 1.31 bits per heavy atom. The topological polar surface area (TPSA) is 56.7 Å². The Morgan fingerprint density at radius 2 is 2.12 bits per heavy atom. The number of amides is 1. The van der Waals surface area contributed by atoms with Gasteiger partial charge in [0.25, 0.3) is 0 Å². The predicted molar refractivity (Wildman–Crippen MR) is 109 cm³/mol. The zero-order chi connectivity index (χ0) is 18.4. The van der Waals surface area contributed by atoms with Gasteiger partial charge in [-0.3, -0.25) is 9.79 Å². The molecule has 1 heterocycles. The summed E-state index contributed by atoms with van der Waals surface area (Å²) >= 11 is 3.69. The lowest BCUT2D eigenvalue weighted by molar-refractivity contribution is -0.127. The Kier molecular flexibility index (Phi) is 6.57. The number of nitrogens with zero attached hydrogens (tertiary/aromatic N) is 2. The summed E-state index contributed by atoms with van der Waals surface area (Å²) in [4.78, 5) is 18.5. The van der Waals surface area contributed by atoms with Crippen LogP contribution in [0, 0.1) is 0 Å². The van der Waals surface area contributed by atoms with Crippen LogP contribution < -0.4 is 10.6 Å². The van der Waals surface area contributed by atoms with Crippen LogP contribution in [0.1, 0.15) is 44.6 Å². The SMILES string of the molecule is CCNC(=NCC1(c2ccccc2Br)CC1)NCCCN1CCCC1=O. The van der Waals surface area contributed by atoms with E-state index in [-0.39, 0.29) is 5.41 Å². The van der Waals surface area contributed by atoms with Gasteiger partial charge in [-0.25, -0.2) is 0 Å². The van der Waals surface area contributed by atoms with Crippen molar-refractivity contribution < 1.29 is 4.79 Å². The van der Waals surface area contributed by atoms with E-state index < -0.39 is 0 Å². The monoisotopic (exact) mass is 420 g/mol. The van der Waals surface area contributed by atoms with Crippen LogP contribution in [-0.4, -0.2) is 49.5 Å². The molecule has 6 heteroatoms. The van der Waals surface area contributed by atoms with E-state index in [2.05, 4.69) is 57.8 Å². The Balaban J connectivity index is 1.51. The maximum absolute atomic E-state index is 11.7. The van der Waals surface area contributed by atoms with E-state index in [0.29, 0.717) is 12.3 Å². The summed E-state index contributed by atoms with van der Waals surface area (Å²) in [5.74, 6) is 1.17. The quantitative estimate of drug-likeness (QED) is 0.386. The molecular weight excluding hydrogens is 392 g/mol. The molecule has 2 fully saturated rings. The molecule has 1 saturated carbocycles. The molecule has 0 bridgehead atoms. The maximum Gasteiger partial charge on any atom is 0.222 e. The molecule has 1 aromatic carbocycles. The molecule has 1 aliphatic heterocycles. The highest BCUT2D eigenvalue weighted by Crippen LogP contribution is 2.50.